The molecule has 0 atom stereocenters. The third kappa shape index (κ3) is 3.66. The Morgan fingerprint density at radius 2 is 1.66 bits per heavy atom. The molecule has 1 aromatic heterocycles. The Balaban J connectivity index is 1.56. The molecule has 150 valence electrons. The number of rotatable bonds is 4. The lowest BCUT2D eigenvalue weighted by atomic mass is 10.1. The van der Waals surface area contributed by atoms with Gasteiger partial charge in [0.2, 0.25) is 5.91 Å². The number of ether oxygens (including phenoxy) is 1. The lowest BCUT2D eigenvalue weighted by Gasteiger charge is -2.27. The molecule has 8 nitrogen and oxygen atoms in total. The van der Waals surface area contributed by atoms with E-state index in [-0.39, 0.29) is 24.0 Å². The molecule has 0 bridgehead atoms. The highest BCUT2D eigenvalue weighted by Crippen LogP contribution is 2.19. The zero-order valence-corrected chi connectivity index (χ0v) is 16.1. The van der Waals surface area contributed by atoms with Crippen LogP contribution in [0.15, 0.2) is 53.3 Å². The minimum absolute atomic E-state index is 0.139. The third-order valence-corrected chi connectivity index (χ3v) is 5.08. The molecule has 0 radical (unpaired) electrons. The molecular formula is C21H22N4O4. The predicted molar refractivity (Wildman–Crippen MR) is 109 cm³/mol. The zero-order valence-electron chi connectivity index (χ0n) is 16.1. The van der Waals surface area contributed by atoms with E-state index in [0.29, 0.717) is 43.1 Å². The molecule has 0 unspecified atom stereocenters. The number of hydrogen-bond donors (Lipinski definition) is 1. The van der Waals surface area contributed by atoms with Gasteiger partial charge in [0.15, 0.2) is 0 Å². The monoisotopic (exact) mass is 394 g/mol. The molecule has 3 aromatic rings. The zero-order chi connectivity index (χ0) is 20.4. The number of amides is 2. The lowest BCUT2D eigenvalue weighted by Crippen LogP contribution is -2.41. The second kappa shape index (κ2) is 7.92. The van der Waals surface area contributed by atoms with Crippen LogP contribution in [0.1, 0.15) is 10.4 Å². The summed E-state index contributed by atoms with van der Waals surface area (Å²) >= 11 is 0. The number of imidazole rings is 1. The van der Waals surface area contributed by atoms with E-state index in [1.165, 1.54) is 9.13 Å². The van der Waals surface area contributed by atoms with Crippen LogP contribution < -0.4 is 11.0 Å². The molecule has 0 aliphatic carbocycles. The first-order valence-corrected chi connectivity index (χ1v) is 9.46. The molecule has 1 fully saturated rings. The fraction of sp³-hybridized carbons (Fsp3) is 0.286. The first-order chi connectivity index (χ1) is 14.1. The van der Waals surface area contributed by atoms with Crippen LogP contribution in [0.3, 0.4) is 0 Å². The second-order valence-corrected chi connectivity index (χ2v) is 6.91. The van der Waals surface area contributed by atoms with E-state index in [0.717, 1.165) is 5.52 Å². The Morgan fingerprint density at radius 3 is 2.41 bits per heavy atom. The maximum atomic E-state index is 12.9. The molecule has 1 saturated heterocycles. The molecule has 2 aromatic carbocycles. The van der Waals surface area contributed by atoms with Gasteiger partial charge in [0.25, 0.3) is 5.91 Å². The summed E-state index contributed by atoms with van der Waals surface area (Å²) in [6, 6.07) is 14.2. The van der Waals surface area contributed by atoms with Crippen molar-refractivity contribution in [2.45, 2.75) is 6.54 Å². The Morgan fingerprint density at radius 1 is 1.00 bits per heavy atom. The summed E-state index contributed by atoms with van der Waals surface area (Å²) in [6.07, 6.45) is 0. The molecule has 8 heteroatoms. The van der Waals surface area contributed by atoms with Gasteiger partial charge in [0.05, 0.1) is 35.5 Å². The average Bonchev–Trinajstić information content (AvgIpc) is 2.99. The van der Waals surface area contributed by atoms with Gasteiger partial charge >= 0.3 is 5.69 Å². The molecule has 2 heterocycles. The van der Waals surface area contributed by atoms with Crippen molar-refractivity contribution in [3.8, 4) is 0 Å². The van der Waals surface area contributed by atoms with Crippen LogP contribution in [0, 0.1) is 0 Å². The van der Waals surface area contributed by atoms with Crippen LogP contribution in [0.4, 0.5) is 5.69 Å². The van der Waals surface area contributed by atoms with E-state index < -0.39 is 0 Å². The smallest absolute Gasteiger partial charge is 0.329 e. The van der Waals surface area contributed by atoms with Crippen molar-refractivity contribution in [1.82, 2.24) is 14.0 Å². The minimum Gasteiger partial charge on any atom is -0.378 e. The number of nitrogens with one attached hydrogen (secondary N) is 1. The van der Waals surface area contributed by atoms with Gasteiger partial charge in [0, 0.05) is 20.1 Å². The first kappa shape index (κ1) is 18.9. The highest BCUT2D eigenvalue weighted by Gasteiger charge is 2.22. The van der Waals surface area contributed by atoms with Gasteiger partial charge in [-0.3, -0.25) is 18.7 Å². The van der Waals surface area contributed by atoms with Crippen LogP contribution in [0.25, 0.3) is 11.0 Å². The van der Waals surface area contributed by atoms with Gasteiger partial charge in [-0.1, -0.05) is 24.3 Å². The second-order valence-electron chi connectivity index (χ2n) is 6.91. The number of carbonyl (C=O) groups excluding carboxylic acids is 2. The predicted octanol–water partition coefficient (Wildman–Crippen LogP) is 1.45. The summed E-state index contributed by atoms with van der Waals surface area (Å²) in [4.78, 5) is 39.8. The van der Waals surface area contributed by atoms with Crippen molar-refractivity contribution in [3.63, 3.8) is 0 Å². The molecule has 0 saturated carbocycles. The number of benzene rings is 2. The SMILES string of the molecule is Cn1c(=O)n(CC(=O)Nc2ccccc2C(=O)N2CCOCC2)c2ccccc21. The van der Waals surface area contributed by atoms with Crippen molar-refractivity contribution in [1.29, 1.82) is 0 Å². The van der Waals surface area contributed by atoms with Crippen molar-refractivity contribution >= 4 is 28.5 Å². The number of carbonyl (C=O) groups is 2. The summed E-state index contributed by atoms with van der Waals surface area (Å²) in [5.74, 6) is -0.516. The van der Waals surface area contributed by atoms with Crippen molar-refractivity contribution in [2.24, 2.45) is 7.05 Å². The van der Waals surface area contributed by atoms with Gasteiger partial charge in [-0.15, -0.1) is 0 Å². The average molecular weight is 394 g/mol. The summed E-state index contributed by atoms with van der Waals surface area (Å²) in [5.41, 5.74) is 2.04. The molecule has 1 N–H and O–H groups in total. The molecule has 4 rings (SSSR count). The number of fused-ring (bicyclic) bond motifs is 1. The van der Waals surface area contributed by atoms with Crippen molar-refractivity contribution in [3.05, 3.63) is 64.6 Å². The molecule has 1 aliphatic rings. The quantitative estimate of drug-likeness (QED) is 0.726. The third-order valence-electron chi connectivity index (χ3n) is 5.08. The summed E-state index contributed by atoms with van der Waals surface area (Å²) in [5, 5.41) is 2.79. The number of morpholine rings is 1. The van der Waals surface area contributed by atoms with Crippen LogP contribution >= 0.6 is 0 Å². The van der Waals surface area contributed by atoms with Crippen molar-refractivity contribution < 1.29 is 14.3 Å². The first-order valence-electron chi connectivity index (χ1n) is 9.46. The maximum Gasteiger partial charge on any atom is 0.329 e. The molecule has 0 spiro atoms. The van der Waals surface area contributed by atoms with E-state index >= 15 is 0 Å². The van der Waals surface area contributed by atoms with Gasteiger partial charge in [0.1, 0.15) is 6.54 Å². The van der Waals surface area contributed by atoms with E-state index in [2.05, 4.69) is 5.32 Å². The van der Waals surface area contributed by atoms with E-state index in [1.807, 2.05) is 18.2 Å². The van der Waals surface area contributed by atoms with E-state index in [1.54, 1.807) is 42.3 Å². The van der Waals surface area contributed by atoms with Gasteiger partial charge in [-0.2, -0.15) is 0 Å². The number of anilines is 1. The van der Waals surface area contributed by atoms with Gasteiger partial charge in [-0.25, -0.2) is 4.79 Å². The van der Waals surface area contributed by atoms with Gasteiger partial charge in [-0.05, 0) is 24.3 Å². The summed E-state index contributed by atoms with van der Waals surface area (Å²) in [7, 11) is 1.68. The summed E-state index contributed by atoms with van der Waals surface area (Å²) in [6.45, 7) is 1.91. The standard InChI is InChI=1S/C21H22N4O4/c1-23-17-8-4-5-9-18(17)25(21(23)28)14-19(26)22-16-7-3-2-6-15(16)20(27)24-10-12-29-13-11-24/h2-9H,10-14H2,1H3,(H,22,26). The normalized spacial score (nSPS) is 14.2. The largest absolute Gasteiger partial charge is 0.378 e. The highest BCUT2D eigenvalue weighted by atomic mass is 16.5. The Labute approximate surface area is 167 Å². The fourth-order valence-electron chi connectivity index (χ4n) is 3.56. The lowest BCUT2D eigenvalue weighted by molar-refractivity contribution is -0.116. The maximum absolute atomic E-state index is 12.9. The fourth-order valence-corrected chi connectivity index (χ4v) is 3.56. The van der Waals surface area contributed by atoms with E-state index in [9.17, 15) is 14.4 Å². The van der Waals surface area contributed by atoms with Crippen LogP contribution in [-0.2, 0) is 23.1 Å². The number of hydrogen-bond acceptors (Lipinski definition) is 4. The van der Waals surface area contributed by atoms with Crippen molar-refractivity contribution in [2.75, 3.05) is 31.6 Å². The number of para-hydroxylation sites is 3. The van der Waals surface area contributed by atoms with Crippen LogP contribution in [0.2, 0.25) is 0 Å². The Kier molecular flexibility index (Phi) is 5.18. The van der Waals surface area contributed by atoms with Crippen LogP contribution in [-0.4, -0.2) is 52.2 Å². The molecule has 29 heavy (non-hydrogen) atoms. The highest BCUT2D eigenvalue weighted by molar-refractivity contribution is 6.03. The number of aromatic nitrogens is 2. The number of nitrogens with zero attached hydrogens (tertiary/aromatic N) is 3. The molecular weight excluding hydrogens is 372 g/mol. The Bertz CT molecular complexity index is 1130. The summed E-state index contributed by atoms with van der Waals surface area (Å²) < 4.78 is 8.24. The number of aryl methyl sites for hydroxylation is 1. The topological polar surface area (TPSA) is 85.6 Å². The van der Waals surface area contributed by atoms with Crippen LogP contribution in [0.5, 0.6) is 0 Å². The Hall–Kier alpha value is -3.39. The molecule has 1 aliphatic heterocycles. The van der Waals surface area contributed by atoms with Gasteiger partial charge < -0.3 is 15.0 Å². The van der Waals surface area contributed by atoms with E-state index in [4.69, 9.17) is 4.74 Å². The molecule has 2 amide bonds. The minimum atomic E-state index is -0.370.